The summed E-state index contributed by atoms with van der Waals surface area (Å²) in [7, 11) is 0. The molecule has 2 aromatic rings. The Bertz CT molecular complexity index is 771. The maximum atomic E-state index is 11.5. The average Bonchev–Trinajstić information content (AvgIpc) is 2.89. The second kappa shape index (κ2) is 8.32. The van der Waals surface area contributed by atoms with Crippen LogP contribution in [0.4, 0.5) is 4.79 Å². The fourth-order valence-electron chi connectivity index (χ4n) is 1.88. The van der Waals surface area contributed by atoms with E-state index in [9.17, 15) is 4.79 Å². The predicted molar refractivity (Wildman–Crippen MR) is 97.4 cm³/mol. The number of unbranched alkanes of at least 4 members (excludes halogenated alkanes) is 2. The summed E-state index contributed by atoms with van der Waals surface area (Å²) in [6.07, 6.45) is 3.61. The molecule has 0 radical (unpaired) electrons. The molecule has 0 aromatic carbocycles. The minimum absolute atomic E-state index is 0.378. The molecule has 0 fully saturated rings. The third-order valence-electron chi connectivity index (χ3n) is 2.88. The molecule has 0 aliphatic heterocycles. The van der Waals surface area contributed by atoms with E-state index in [-0.39, 0.29) is 6.09 Å². The van der Waals surface area contributed by atoms with Gasteiger partial charge in [-0.3, -0.25) is 0 Å². The number of rotatable bonds is 4. The summed E-state index contributed by atoms with van der Waals surface area (Å²) in [5, 5.41) is 3.20. The van der Waals surface area contributed by atoms with E-state index in [1.165, 1.54) is 17.7 Å². The Balaban J connectivity index is 1.70. The monoisotopic (exact) mass is 365 g/mol. The number of aromatic nitrogens is 2. The zero-order valence-electron chi connectivity index (χ0n) is 14.0. The van der Waals surface area contributed by atoms with E-state index in [0.717, 1.165) is 34.4 Å². The van der Waals surface area contributed by atoms with Gasteiger partial charge in [0.2, 0.25) is 0 Å². The van der Waals surface area contributed by atoms with Crippen molar-refractivity contribution in [3.63, 3.8) is 0 Å². The molecule has 128 valence electrons. The molecule has 0 spiro atoms. The standard InChI is InChI=1S/C17H20ClN3O2S/c1-17(2,3)23-16(22)19-9-7-5-4-6-8-12-10-13-14(24-12)15(18)21-11-20-13/h10-11H,4-5,7,9H2,1-3H3,(H,19,22). The molecule has 0 saturated carbocycles. The first-order chi connectivity index (χ1) is 11.3. The number of halogens is 1. The van der Waals surface area contributed by atoms with Crippen LogP contribution in [0.5, 0.6) is 0 Å². The van der Waals surface area contributed by atoms with Gasteiger partial charge >= 0.3 is 6.09 Å². The van der Waals surface area contributed by atoms with E-state index in [0.29, 0.717) is 11.7 Å². The van der Waals surface area contributed by atoms with Gasteiger partial charge in [-0.2, -0.15) is 0 Å². The number of hydrogen-bond donors (Lipinski definition) is 1. The summed E-state index contributed by atoms with van der Waals surface area (Å²) >= 11 is 7.52. The second-order valence-electron chi connectivity index (χ2n) is 6.18. The molecule has 5 nitrogen and oxygen atoms in total. The third-order valence-corrected chi connectivity index (χ3v) is 4.32. The summed E-state index contributed by atoms with van der Waals surface area (Å²) in [5.74, 6) is 6.26. The average molecular weight is 366 g/mol. The van der Waals surface area contributed by atoms with Gasteiger partial charge in [-0.25, -0.2) is 14.8 Å². The fourth-order valence-corrected chi connectivity index (χ4v) is 3.00. The zero-order chi connectivity index (χ0) is 17.6. The molecule has 0 atom stereocenters. The Hall–Kier alpha value is -1.84. The van der Waals surface area contributed by atoms with Crippen LogP contribution in [0.1, 0.15) is 44.9 Å². The quantitative estimate of drug-likeness (QED) is 0.495. The zero-order valence-corrected chi connectivity index (χ0v) is 15.6. The van der Waals surface area contributed by atoms with Gasteiger partial charge in [0.15, 0.2) is 0 Å². The summed E-state index contributed by atoms with van der Waals surface area (Å²) in [4.78, 5) is 20.5. The van der Waals surface area contributed by atoms with Crippen molar-refractivity contribution in [2.75, 3.05) is 6.54 Å². The highest BCUT2D eigenvalue weighted by Crippen LogP contribution is 2.28. The topological polar surface area (TPSA) is 64.1 Å². The molecule has 24 heavy (non-hydrogen) atoms. The van der Waals surface area contributed by atoms with Gasteiger partial charge in [0.25, 0.3) is 0 Å². The number of nitrogens with zero attached hydrogens (tertiary/aromatic N) is 2. The minimum Gasteiger partial charge on any atom is -0.444 e. The van der Waals surface area contributed by atoms with Gasteiger partial charge in [-0.15, -0.1) is 11.3 Å². The number of hydrogen-bond acceptors (Lipinski definition) is 5. The lowest BCUT2D eigenvalue weighted by atomic mass is 10.2. The number of fused-ring (bicyclic) bond motifs is 1. The predicted octanol–water partition coefficient (Wildman–Crippen LogP) is 4.39. The highest BCUT2D eigenvalue weighted by atomic mass is 35.5. The van der Waals surface area contributed by atoms with Gasteiger partial charge < -0.3 is 10.1 Å². The van der Waals surface area contributed by atoms with Crippen molar-refractivity contribution in [1.29, 1.82) is 0 Å². The van der Waals surface area contributed by atoms with E-state index >= 15 is 0 Å². The van der Waals surface area contributed by atoms with Gasteiger partial charge in [0.05, 0.1) is 15.1 Å². The van der Waals surface area contributed by atoms with Crippen molar-refractivity contribution in [3.05, 3.63) is 22.4 Å². The van der Waals surface area contributed by atoms with Crippen LogP contribution in [0.25, 0.3) is 10.2 Å². The van der Waals surface area contributed by atoms with Crippen LogP contribution < -0.4 is 5.32 Å². The highest BCUT2D eigenvalue weighted by molar-refractivity contribution is 7.20. The Morgan fingerprint density at radius 3 is 2.88 bits per heavy atom. The van der Waals surface area contributed by atoms with Crippen molar-refractivity contribution in [3.8, 4) is 11.8 Å². The van der Waals surface area contributed by atoms with E-state index in [1.54, 1.807) is 0 Å². The summed E-state index contributed by atoms with van der Waals surface area (Å²) in [6, 6.07) is 1.92. The largest absolute Gasteiger partial charge is 0.444 e. The second-order valence-corrected chi connectivity index (χ2v) is 7.59. The van der Waals surface area contributed by atoms with Gasteiger partial charge in [0, 0.05) is 13.0 Å². The number of ether oxygens (including phenoxy) is 1. The lowest BCUT2D eigenvalue weighted by Gasteiger charge is -2.19. The van der Waals surface area contributed by atoms with Crippen LogP contribution in [0.3, 0.4) is 0 Å². The Morgan fingerprint density at radius 1 is 1.38 bits per heavy atom. The van der Waals surface area contributed by atoms with Crippen LogP contribution in [-0.2, 0) is 4.74 Å². The van der Waals surface area contributed by atoms with Crippen molar-refractivity contribution in [1.82, 2.24) is 15.3 Å². The molecule has 0 aliphatic rings. The first kappa shape index (κ1) is 18.5. The maximum absolute atomic E-state index is 11.5. The Kier molecular flexibility index (Phi) is 6.41. The minimum atomic E-state index is -0.465. The number of carbonyl (C=O) groups is 1. The molecule has 1 amide bonds. The fraction of sp³-hybridized carbons (Fsp3) is 0.471. The lowest BCUT2D eigenvalue weighted by molar-refractivity contribution is 0.0527. The molecule has 2 heterocycles. The first-order valence-electron chi connectivity index (χ1n) is 7.71. The molecule has 2 aromatic heterocycles. The molecular weight excluding hydrogens is 346 g/mol. The molecule has 0 saturated heterocycles. The molecule has 0 bridgehead atoms. The number of thiophene rings is 1. The summed E-state index contributed by atoms with van der Waals surface area (Å²) in [6.45, 7) is 6.11. The first-order valence-corrected chi connectivity index (χ1v) is 8.90. The molecule has 0 aliphatic carbocycles. The normalized spacial score (nSPS) is 11.0. The van der Waals surface area contributed by atoms with Crippen molar-refractivity contribution < 1.29 is 9.53 Å². The van der Waals surface area contributed by atoms with E-state index < -0.39 is 5.60 Å². The maximum Gasteiger partial charge on any atom is 0.407 e. The lowest BCUT2D eigenvalue weighted by Crippen LogP contribution is -2.32. The van der Waals surface area contributed by atoms with Crippen molar-refractivity contribution in [2.45, 2.75) is 45.6 Å². The third kappa shape index (κ3) is 5.99. The number of nitrogens with one attached hydrogen (secondary N) is 1. The number of alkyl carbamates (subject to hydrolysis) is 1. The molecule has 0 unspecified atom stereocenters. The van der Waals surface area contributed by atoms with Gasteiger partial charge in [-0.1, -0.05) is 23.4 Å². The van der Waals surface area contributed by atoms with Gasteiger partial charge in [0.1, 0.15) is 17.1 Å². The van der Waals surface area contributed by atoms with Crippen molar-refractivity contribution in [2.24, 2.45) is 0 Å². The highest BCUT2D eigenvalue weighted by Gasteiger charge is 2.15. The van der Waals surface area contributed by atoms with E-state index in [4.69, 9.17) is 16.3 Å². The van der Waals surface area contributed by atoms with E-state index in [2.05, 4.69) is 27.1 Å². The van der Waals surface area contributed by atoms with Gasteiger partial charge in [-0.05, 0) is 39.7 Å². The molecule has 7 heteroatoms. The smallest absolute Gasteiger partial charge is 0.407 e. The molecule has 2 rings (SSSR count). The number of amides is 1. The van der Waals surface area contributed by atoms with Crippen LogP contribution >= 0.6 is 22.9 Å². The van der Waals surface area contributed by atoms with Crippen LogP contribution in [-0.4, -0.2) is 28.2 Å². The van der Waals surface area contributed by atoms with Crippen LogP contribution in [0.15, 0.2) is 12.4 Å². The Labute approximate surface area is 150 Å². The number of carbonyl (C=O) groups excluding carboxylic acids is 1. The van der Waals surface area contributed by atoms with Crippen LogP contribution in [0, 0.1) is 11.8 Å². The molecular formula is C17H20ClN3O2S. The summed E-state index contributed by atoms with van der Waals surface area (Å²) < 4.78 is 6.03. The Morgan fingerprint density at radius 2 is 2.17 bits per heavy atom. The SMILES string of the molecule is CC(C)(C)OC(=O)NCCCCC#Cc1cc2ncnc(Cl)c2s1. The molecule has 1 N–H and O–H groups in total. The van der Waals surface area contributed by atoms with E-state index in [1.807, 2.05) is 26.8 Å². The summed E-state index contributed by atoms with van der Waals surface area (Å²) in [5.41, 5.74) is 0.360. The van der Waals surface area contributed by atoms with Crippen molar-refractivity contribution >= 4 is 39.2 Å². The van der Waals surface area contributed by atoms with Crippen LogP contribution in [0.2, 0.25) is 5.15 Å².